The molecular weight excluding hydrogens is 286 g/mol. The van der Waals surface area contributed by atoms with E-state index in [1.54, 1.807) is 4.90 Å². The number of hydrogen-bond acceptors (Lipinski definition) is 2. The number of halogens is 3. The van der Waals surface area contributed by atoms with Gasteiger partial charge in [-0.25, -0.2) is 8.78 Å². The number of benzene rings is 1. The van der Waals surface area contributed by atoms with E-state index in [0.29, 0.717) is 25.6 Å². The molecule has 1 aliphatic rings. The second-order valence-corrected chi connectivity index (χ2v) is 4.99. The number of carbonyl (C=O) groups excluding carboxylic acids is 1. The second kappa shape index (κ2) is 7.55. The molecule has 1 atom stereocenters. The Labute approximate surface area is 123 Å². The number of hydrogen-bond donors (Lipinski definition) is 1. The molecule has 0 aromatic heterocycles. The Morgan fingerprint density at radius 1 is 1.30 bits per heavy atom. The third kappa shape index (κ3) is 4.15. The van der Waals surface area contributed by atoms with Gasteiger partial charge in [0.05, 0.1) is 0 Å². The lowest BCUT2D eigenvalue weighted by Gasteiger charge is -2.32. The first kappa shape index (κ1) is 16.9. The lowest BCUT2D eigenvalue weighted by Crippen LogP contribution is -2.40. The van der Waals surface area contributed by atoms with Crippen molar-refractivity contribution in [2.45, 2.75) is 19.3 Å². The maximum Gasteiger partial charge on any atom is 0.254 e. The Bertz CT molecular complexity index is 448. The number of carbonyl (C=O) groups is 1. The first-order chi connectivity index (χ1) is 9.10. The van der Waals surface area contributed by atoms with Crippen LogP contribution in [0.25, 0.3) is 0 Å². The van der Waals surface area contributed by atoms with E-state index in [0.717, 1.165) is 37.5 Å². The quantitative estimate of drug-likeness (QED) is 0.933. The highest BCUT2D eigenvalue weighted by Gasteiger charge is 2.24. The normalized spacial score (nSPS) is 18.6. The van der Waals surface area contributed by atoms with Gasteiger partial charge in [0, 0.05) is 24.7 Å². The molecule has 0 aliphatic carbocycles. The van der Waals surface area contributed by atoms with E-state index in [1.165, 1.54) is 0 Å². The summed E-state index contributed by atoms with van der Waals surface area (Å²) >= 11 is 0. The molecule has 0 saturated carbocycles. The molecule has 1 amide bonds. The van der Waals surface area contributed by atoms with Gasteiger partial charge in [0.2, 0.25) is 0 Å². The fourth-order valence-electron chi connectivity index (χ4n) is 2.58. The molecule has 0 spiro atoms. The fourth-order valence-corrected chi connectivity index (χ4v) is 2.58. The Balaban J connectivity index is 0.00000200. The van der Waals surface area contributed by atoms with Gasteiger partial charge in [-0.1, -0.05) is 0 Å². The zero-order chi connectivity index (χ0) is 13.8. The van der Waals surface area contributed by atoms with Crippen molar-refractivity contribution in [2.24, 2.45) is 11.7 Å². The zero-order valence-corrected chi connectivity index (χ0v) is 12.0. The number of piperidine rings is 1. The summed E-state index contributed by atoms with van der Waals surface area (Å²) in [5.41, 5.74) is 5.60. The van der Waals surface area contributed by atoms with Crippen LogP contribution >= 0.6 is 12.4 Å². The van der Waals surface area contributed by atoms with E-state index in [-0.39, 0.29) is 23.9 Å². The zero-order valence-electron chi connectivity index (χ0n) is 11.1. The van der Waals surface area contributed by atoms with Crippen LogP contribution in [0.1, 0.15) is 29.6 Å². The van der Waals surface area contributed by atoms with Crippen LogP contribution in [0.15, 0.2) is 18.2 Å². The van der Waals surface area contributed by atoms with E-state index < -0.39 is 11.6 Å². The molecule has 3 nitrogen and oxygen atoms in total. The summed E-state index contributed by atoms with van der Waals surface area (Å²) in [6.07, 6.45) is 2.84. The van der Waals surface area contributed by atoms with Crippen molar-refractivity contribution in [3.63, 3.8) is 0 Å². The minimum atomic E-state index is -0.723. The minimum absolute atomic E-state index is 0. The van der Waals surface area contributed by atoms with E-state index in [2.05, 4.69) is 0 Å². The highest BCUT2D eigenvalue weighted by Crippen LogP contribution is 2.21. The van der Waals surface area contributed by atoms with Crippen LogP contribution in [0, 0.1) is 17.6 Å². The summed E-state index contributed by atoms with van der Waals surface area (Å²) in [7, 11) is 0. The molecule has 0 bridgehead atoms. The summed E-state index contributed by atoms with van der Waals surface area (Å²) in [6, 6.07) is 2.93. The maximum absolute atomic E-state index is 13.1. The lowest BCUT2D eigenvalue weighted by atomic mass is 9.94. The first-order valence-corrected chi connectivity index (χ1v) is 6.55. The topological polar surface area (TPSA) is 46.3 Å². The molecule has 2 N–H and O–H groups in total. The monoisotopic (exact) mass is 304 g/mol. The number of nitrogens with zero attached hydrogens (tertiary/aromatic N) is 1. The number of rotatable bonds is 3. The molecule has 20 heavy (non-hydrogen) atoms. The van der Waals surface area contributed by atoms with Gasteiger partial charge in [0.15, 0.2) is 0 Å². The molecule has 1 fully saturated rings. The second-order valence-electron chi connectivity index (χ2n) is 4.99. The van der Waals surface area contributed by atoms with Crippen molar-refractivity contribution in [1.29, 1.82) is 0 Å². The molecule has 1 heterocycles. The minimum Gasteiger partial charge on any atom is -0.338 e. The molecule has 1 aromatic carbocycles. The van der Waals surface area contributed by atoms with Crippen molar-refractivity contribution in [1.82, 2.24) is 4.90 Å². The number of amides is 1. The Kier molecular flexibility index (Phi) is 6.36. The van der Waals surface area contributed by atoms with Gasteiger partial charge in [0.1, 0.15) is 11.6 Å². The standard InChI is InChI=1S/C14H18F2N2O.ClH/c15-12-6-11(7-13(16)8-12)14(19)18-5-1-2-10(9-18)3-4-17;/h6-8,10H,1-5,9,17H2;1H. The van der Waals surface area contributed by atoms with Crippen molar-refractivity contribution in [3.05, 3.63) is 35.4 Å². The highest BCUT2D eigenvalue weighted by atomic mass is 35.5. The molecule has 1 saturated heterocycles. The van der Waals surface area contributed by atoms with Crippen LogP contribution in [-0.2, 0) is 0 Å². The van der Waals surface area contributed by atoms with Crippen LogP contribution in [0.4, 0.5) is 8.78 Å². The van der Waals surface area contributed by atoms with Gasteiger partial charge in [-0.2, -0.15) is 0 Å². The Morgan fingerprint density at radius 2 is 1.95 bits per heavy atom. The smallest absolute Gasteiger partial charge is 0.254 e. The Morgan fingerprint density at radius 3 is 2.55 bits per heavy atom. The summed E-state index contributed by atoms with van der Waals surface area (Å²) in [6.45, 7) is 1.85. The van der Waals surface area contributed by atoms with Gasteiger partial charge in [-0.3, -0.25) is 4.79 Å². The molecule has 0 radical (unpaired) electrons. The highest BCUT2D eigenvalue weighted by molar-refractivity contribution is 5.94. The average Bonchev–Trinajstić information content (AvgIpc) is 2.37. The third-order valence-corrected chi connectivity index (χ3v) is 3.49. The summed E-state index contributed by atoms with van der Waals surface area (Å²) in [5, 5.41) is 0. The van der Waals surface area contributed by atoms with Crippen molar-refractivity contribution in [3.8, 4) is 0 Å². The van der Waals surface area contributed by atoms with E-state index in [9.17, 15) is 13.6 Å². The average molecular weight is 305 g/mol. The Hall–Kier alpha value is -1.20. The SMILES string of the molecule is Cl.NCCC1CCCN(C(=O)c2cc(F)cc(F)c2)C1. The van der Waals surface area contributed by atoms with Gasteiger partial charge in [0.25, 0.3) is 5.91 Å². The first-order valence-electron chi connectivity index (χ1n) is 6.55. The molecule has 112 valence electrons. The summed E-state index contributed by atoms with van der Waals surface area (Å²) in [5.74, 6) is -1.36. The number of likely N-dealkylation sites (tertiary alicyclic amines) is 1. The molecule has 1 aliphatic heterocycles. The van der Waals surface area contributed by atoms with Crippen LogP contribution < -0.4 is 5.73 Å². The summed E-state index contributed by atoms with van der Waals surface area (Å²) < 4.78 is 26.3. The lowest BCUT2D eigenvalue weighted by molar-refractivity contribution is 0.0668. The molecule has 2 rings (SSSR count). The van der Waals surface area contributed by atoms with Gasteiger partial charge < -0.3 is 10.6 Å². The van der Waals surface area contributed by atoms with Crippen molar-refractivity contribution >= 4 is 18.3 Å². The molecule has 6 heteroatoms. The van der Waals surface area contributed by atoms with Crippen LogP contribution in [0.5, 0.6) is 0 Å². The van der Waals surface area contributed by atoms with Gasteiger partial charge in [-0.05, 0) is 43.9 Å². The van der Waals surface area contributed by atoms with E-state index >= 15 is 0 Å². The maximum atomic E-state index is 13.1. The fraction of sp³-hybridized carbons (Fsp3) is 0.500. The number of nitrogens with two attached hydrogens (primary N) is 1. The van der Waals surface area contributed by atoms with E-state index in [4.69, 9.17) is 5.73 Å². The van der Waals surface area contributed by atoms with Crippen LogP contribution in [0.2, 0.25) is 0 Å². The molecule has 1 unspecified atom stereocenters. The largest absolute Gasteiger partial charge is 0.338 e. The predicted molar refractivity (Wildman–Crippen MR) is 75.9 cm³/mol. The van der Waals surface area contributed by atoms with Gasteiger partial charge in [-0.15, -0.1) is 12.4 Å². The van der Waals surface area contributed by atoms with E-state index in [1.807, 2.05) is 0 Å². The third-order valence-electron chi connectivity index (χ3n) is 3.49. The van der Waals surface area contributed by atoms with Crippen molar-refractivity contribution in [2.75, 3.05) is 19.6 Å². The molecule has 1 aromatic rings. The molecular formula is C14H19ClF2N2O. The van der Waals surface area contributed by atoms with Crippen LogP contribution in [0.3, 0.4) is 0 Å². The summed E-state index contributed by atoms with van der Waals surface area (Å²) in [4.78, 5) is 13.9. The predicted octanol–water partition coefficient (Wildman–Crippen LogP) is 2.59. The van der Waals surface area contributed by atoms with Gasteiger partial charge >= 0.3 is 0 Å². The van der Waals surface area contributed by atoms with Crippen molar-refractivity contribution < 1.29 is 13.6 Å². The van der Waals surface area contributed by atoms with Crippen LogP contribution in [-0.4, -0.2) is 30.4 Å².